The Morgan fingerprint density at radius 1 is 0.970 bits per heavy atom. The third-order valence-corrected chi connectivity index (χ3v) is 5.67. The maximum Gasteiger partial charge on any atom is 0.253 e. The molecular formula is C25H34IN5O2. The van der Waals surface area contributed by atoms with Crippen LogP contribution in [0, 0.1) is 5.92 Å². The summed E-state index contributed by atoms with van der Waals surface area (Å²) in [5, 5.41) is 9.64. The smallest absolute Gasteiger partial charge is 0.253 e. The van der Waals surface area contributed by atoms with Crippen LogP contribution in [0.5, 0.6) is 0 Å². The summed E-state index contributed by atoms with van der Waals surface area (Å²) in [6, 6.07) is 15.4. The summed E-state index contributed by atoms with van der Waals surface area (Å²) in [7, 11) is 5.21. The molecule has 3 rings (SSSR count). The third-order valence-electron chi connectivity index (χ3n) is 5.67. The number of amides is 2. The predicted octanol–water partition coefficient (Wildman–Crippen LogP) is 4.00. The van der Waals surface area contributed by atoms with E-state index in [0.717, 1.165) is 42.5 Å². The molecule has 0 aromatic heterocycles. The van der Waals surface area contributed by atoms with Gasteiger partial charge in [-0.3, -0.25) is 14.6 Å². The van der Waals surface area contributed by atoms with Gasteiger partial charge < -0.3 is 20.9 Å². The van der Waals surface area contributed by atoms with E-state index in [2.05, 4.69) is 20.9 Å². The first-order chi connectivity index (χ1) is 15.5. The fourth-order valence-corrected chi connectivity index (χ4v) is 3.81. The van der Waals surface area contributed by atoms with Gasteiger partial charge in [0, 0.05) is 51.4 Å². The normalized spacial score (nSPS) is 13.7. The lowest BCUT2D eigenvalue weighted by atomic mass is 10.1. The van der Waals surface area contributed by atoms with Crippen LogP contribution in [-0.2, 0) is 17.9 Å². The lowest BCUT2D eigenvalue weighted by Gasteiger charge is -2.14. The van der Waals surface area contributed by atoms with E-state index in [1.165, 1.54) is 0 Å². The van der Waals surface area contributed by atoms with Gasteiger partial charge in [0.15, 0.2) is 5.96 Å². The van der Waals surface area contributed by atoms with Crippen molar-refractivity contribution in [3.8, 4) is 0 Å². The number of aliphatic imine (C=N–C) groups is 1. The summed E-state index contributed by atoms with van der Waals surface area (Å²) < 4.78 is 0. The zero-order valence-corrected chi connectivity index (χ0v) is 21.9. The van der Waals surface area contributed by atoms with Crippen molar-refractivity contribution in [2.75, 3.05) is 26.5 Å². The number of hydrogen-bond acceptors (Lipinski definition) is 3. The molecule has 0 heterocycles. The number of carbonyl (C=O) groups is 2. The van der Waals surface area contributed by atoms with Crippen LogP contribution in [0.3, 0.4) is 0 Å². The molecule has 7 nitrogen and oxygen atoms in total. The lowest BCUT2D eigenvalue weighted by Crippen LogP contribution is -2.36. The fraction of sp³-hybridized carbons (Fsp3) is 0.400. The number of halogens is 1. The molecule has 0 bridgehead atoms. The number of nitrogens with one attached hydrogen (secondary N) is 3. The van der Waals surface area contributed by atoms with E-state index >= 15 is 0 Å². The number of hydrogen-bond donors (Lipinski definition) is 3. The molecular weight excluding hydrogens is 529 g/mol. The van der Waals surface area contributed by atoms with E-state index in [9.17, 15) is 9.59 Å². The lowest BCUT2D eigenvalue weighted by molar-refractivity contribution is -0.119. The van der Waals surface area contributed by atoms with E-state index in [4.69, 9.17) is 0 Å². The molecule has 0 saturated heterocycles. The van der Waals surface area contributed by atoms with Crippen LogP contribution in [0.2, 0.25) is 0 Å². The van der Waals surface area contributed by atoms with Gasteiger partial charge in [0.1, 0.15) is 0 Å². The van der Waals surface area contributed by atoms with Crippen molar-refractivity contribution in [1.82, 2.24) is 15.5 Å². The van der Waals surface area contributed by atoms with Crippen LogP contribution in [0.4, 0.5) is 5.69 Å². The van der Waals surface area contributed by atoms with Crippen LogP contribution < -0.4 is 16.0 Å². The van der Waals surface area contributed by atoms with Gasteiger partial charge in [0.2, 0.25) is 5.91 Å². The van der Waals surface area contributed by atoms with Crippen LogP contribution in [-0.4, -0.2) is 43.8 Å². The Labute approximate surface area is 213 Å². The second-order valence-corrected chi connectivity index (χ2v) is 8.35. The number of rotatable bonds is 7. The van der Waals surface area contributed by atoms with E-state index in [1.54, 1.807) is 26.0 Å². The molecule has 8 heteroatoms. The monoisotopic (exact) mass is 563 g/mol. The van der Waals surface area contributed by atoms with E-state index < -0.39 is 0 Å². The van der Waals surface area contributed by atoms with Crippen LogP contribution >= 0.6 is 24.0 Å². The Balaban J connectivity index is 0.00000385. The van der Waals surface area contributed by atoms with Crippen molar-refractivity contribution >= 4 is 47.4 Å². The molecule has 0 unspecified atom stereocenters. The molecule has 2 aromatic rings. The highest BCUT2D eigenvalue weighted by atomic mass is 127. The summed E-state index contributed by atoms with van der Waals surface area (Å²) >= 11 is 0. The highest BCUT2D eigenvalue weighted by molar-refractivity contribution is 14.0. The number of nitrogens with zero attached hydrogens (tertiary/aromatic N) is 2. The Kier molecular flexibility index (Phi) is 10.6. The summed E-state index contributed by atoms with van der Waals surface area (Å²) in [5.74, 6) is 0.945. The molecule has 1 fully saturated rings. The van der Waals surface area contributed by atoms with Gasteiger partial charge in [-0.15, -0.1) is 24.0 Å². The molecule has 0 aliphatic heterocycles. The van der Waals surface area contributed by atoms with Gasteiger partial charge in [-0.05, 0) is 48.2 Å². The number of guanidine groups is 1. The molecule has 178 valence electrons. The maximum absolute atomic E-state index is 12.4. The molecule has 2 aromatic carbocycles. The highest BCUT2D eigenvalue weighted by Gasteiger charge is 2.22. The number of carbonyl (C=O) groups excluding carboxylic acids is 2. The number of benzene rings is 2. The Morgan fingerprint density at radius 3 is 2.21 bits per heavy atom. The minimum atomic E-state index is -0.0105. The first-order valence-corrected chi connectivity index (χ1v) is 11.1. The molecule has 0 atom stereocenters. The van der Waals surface area contributed by atoms with Gasteiger partial charge >= 0.3 is 0 Å². The molecule has 0 spiro atoms. The molecule has 33 heavy (non-hydrogen) atoms. The predicted molar refractivity (Wildman–Crippen MR) is 144 cm³/mol. The quantitative estimate of drug-likeness (QED) is 0.270. The second kappa shape index (κ2) is 13.2. The summed E-state index contributed by atoms with van der Waals surface area (Å²) in [5.41, 5.74) is 3.61. The SMILES string of the molecule is CN=C(NCc1ccc(C(=O)N(C)C)cc1)NCc1cccc(NC(=O)C2CCCC2)c1.I. The van der Waals surface area contributed by atoms with Crippen molar-refractivity contribution in [3.63, 3.8) is 0 Å². The van der Waals surface area contributed by atoms with Crippen LogP contribution in [0.1, 0.15) is 47.2 Å². The summed E-state index contributed by atoms with van der Waals surface area (Å²) in [4.78, 5) is 30.2. The summed E-state index contributed by atoms with van der Waals surface area (Å²) in [6.07, 6.45) is 4.27. The minimum Gasteiger partial charge on any atom is -0.352 e. The zero-order valence-electron chi connectivity index (χ0n) is 19.6. The van der Waals surface area contributed by atoms with E-state index in [0.29, 0.717) is 24.6 Å². The molecule has 1 aliphatic carbocycles. The van der Waals surface area contributed by atoms with Gasteiger partial charge in [0.05, 0.1) is 0 Å². The van der Waals surface area contributed by atoms with Crippen molar-refractivity contribution in [1.29, 1.82) is 0 Å². The summed E-state index contributed by atoms with van der Waals surface area (Å²) in [6.45, 7) is 1.18. The average Bonchev–Trinajstić information content (AvgIpc) is 3.34. The first-order valence-electron chi connectivity index (χ1n) is 11.1. The van der Waals surface area contributed by atoms with Crippen molar-refractivity contribution < 1.29 is 9.59 Å². The van der Waals surface area contributed by atoms with Gasteiger partial charge in [-0.25, -0.2) is 0 Å². The van der Waals surface area contributed by atoms with Crippen molar-refractivity contribution in [2.24, 2.45) is 10.9 Å². The first kappa shape index (κ1) is 26.6. The largest absolute Gasteiger partial charge is 0.352 e. The molecule has 1 aliphatic rings. The molecule has 2 amide bonds. The number of anilines is 1. The minimum absolute atomic E-state index is 0. The Hall–Kier alpha value is -2.62. The molecule has 1 saturated carbocycles. The van der Waals surface area contributed by atoms with Crippen molar-refractivity contribution in [3.05, 3.63) is 65.2 Å². The molecule has 3 N–H and O–H groups in total. The maximum atomic E-state index is 12.4. The van der Waals surface area contributed by atoms with Crippen LogP contribution in [0.25, 0.3) is 0 Å². The van der Waals surface area contributed by atoms with E-state index in [1.807, 2.05) is 48.5 Å². The second-order valence-electron chi connectivity index (χ2n) is 8.35. The van der Waals surface area contributed by atoms with Crippen molar-refractivity contribution in [2.45, 2.75) is 38.8 Å². The molecule has 0 radical (unpaired) electrons. The van der Waals surface area contributed by atoms with Crippen LogP contribution in [0.15, 0.2) is 53.5 Å². The van der Waals surface area contributed by atoms with Gasteiger partial charge in [0.25, 0.3) is 5.91 Å². The zero-order chi connectivity index (χ0) is 22.9. The van der Waals surface area contributed by atoms with Gasteiger partial charge in [-0.2, -0.15) is 0 Å². The Morgan fingerprint density at radius 2 is 1.61 bits per heavy atom. The average molecular weight is 563 g/mol. The van der Waals surface area contributed by atoms with E-state index in [-0.39, 0.29) is 41.7 Å². The fourth-order valence-electron chi connectivity index (χ4n) is 3.81. The Bertz CT molecular complexity index is 954. The third kappa shape index (κ3) is 8.03. The topological polar surface area (TPSA) is 85.8 Å². The van der Waals surface area contributed by atoms with Gasteiger partial charge in [-0.1, -0.05) is 37.1 Å². The highest BCUT2D eigenvalue weighted by Crippen LogP contribution is 2.26. The standard InChI is InChI=1S/C25H33N5O2.HI/c1-26-25(27-16-18-11-13-21(14-12-18)24(32)30(2)3)28-17-19-7-6-10-22(15-19)29-23(31)20-8-4-5-9-20;/h6-7,10-15,20H,4-5,8-9,16-17H2,1-3H3,(H,29,31)(H2,26,27,28);1H.